The zero-order chi connectivity index (χ0) is 22.0. The summed E-state index contributed by atoms with van der Waals surface area (Å²) in [5.41, 5.74) is 4.15. The summed E-state index contributed by atoms with van der Waals surface area (Å²) in [7, 11) is 0. The molecule has 0 spiro atoms. The van der Waals surface area contributed by atoms with Crippen LogP contribution in [0.4, 0.5) is 17.1 Å². The summed E-state index contributed by atoms with van der Waals surface area (Å²) in [5, 5.41) is 11.6. The molecule has 1 saturated heterocycles. The van der Waals surface area contributed by atoms with E-state index in [1.54, 1.807) is 23.1 Å². The zero-order valence-electron chi connectivity index (χ0n) is 17.0. The second-order valence-electron chi connectivity index (χ2n) is 7.07. The second-order valence-corrected chi connectivity index (χ2v) is 8.08. The normalized spacial score (nSPS) is 16.3. The van der Waals surface area contributed by atoms with Crippen molar-refractivity contribution in [2.45, 2.75) is 13.8 Å². The number of hydrogen-bond acceptors (Lipinski definition) is 5. The van der Waals surface area contributed by atoms with Crippen LogP contribution in [0.2, 0.25) is 0 Å². The van der Waals surface area contributed by atoms with Gasteiger partial charge in [0.2, 0.25) is 0 Å². The smallest absolute Gasteiger partial charge is 0.268 e. The third-order valence-electron chi connectivity index (χ3n) is 4.85. The molecule has 4 rings (SSSR count). The lowest BCUT2D eigenvalue weighted by atomic mass is 10.1. The van der Waals surface area contributed by atoms with Gasteiger partial charge in [-0.2, -0.15) is 0 Å². The van der Waals surface area contributed by atoms with Crippen LogP contribution in [-0.2, 0) is 4.79 Å². The highest BCUT2D eigenvalue weighted by molar-refractivity contribution is 8.19. The molecule has 1 fully saturated rings. The van der Waals surface area contributed by atoms with Crippen molar-refractivity contribution in [2.75, 3.05) is 4.90 Å². The van der Waals surface area contributed by atoms with Gasteiger partial charge in [0, 0.05) is 12.1 Å². The Labute approximate surface area is 184 Å². The number of non-ortho nitro benzene ring substituents is 1. The number of amides is 1. The molecule has 1 amide bonds. The van der Waals surface area contributed by atoms with Crippen LogP contribution < -0.4 is 4.90 Å². The first-order valence-corrected chi connectivity index (χ1v) is 10.4. The van der Waals surface area contributed by atoms with Crippen LogP contribution >= 0.6 is 11.8 Å². The minimum atomic E-state index is -0.449. The fraction of sp³-hybridized carbons (Fsp3) is 0.0833. The molecule has 0 unspecified atom stereocenters. The molecule has 7 heteroatoms. The van der Waals surface area contributed by atoms with E-state index in [9.17, 15) is 14.9 Å². The monoisotopic (exact) mass is 429 g/mol. The summed E-state index contributed by atoms with van der Waals surface area (Å²) in [4.78, 5) is 30.8. The van der Waals surface area contributed by atoms with Crippen molar-refractivity contribution in [3.05, 3.63) is 105 Å². The number of carbonyl (C=O) groups is 1. The molecule has 154 valence electrons. The van der Waals surface area contributed by atoms with Gasteiger partial charge in [0.25, 0.3) is 11.6 Å². The molecule has 0 saturated carbocycles. The predicted octanol–water partition coefficient (Wildman–Crippen LogP) is 6.02. The number of carbonyl (C=O) groups excluding carboxylic acids is 1. The molecule has 1 heterocycles. The number of hydrogen-bond donors (Lipinski definition) is 0. The van der Waals surface area contributed by atoms with Gasteiger partial charge in [-0.05, 0) is 60.5 Å². The molecule has 0 bridgehead atoms. The highest BCUT2D eigenvalue weighted by atomic mass is 32.2. The average molecular weight is 430 g/mol. The topological polar surface area (TPSA) is 75.8 Å². The third kappa shape index (κ3) is 4.27. The summed E-state index contributed by atoms with van der Waals surface area (Å²) >= 11 is 1.26. The number of thioether (sulfide) groups is 1. The number of anilines is 1. The van der Waals surface area contributed by atoms with E-state index in [0.717, 1.165) is 16.8 Å². The number of amidine groups is 1. The van der Waals surface area contributed by atoms with Gasteiger partial charge in [0.1, 0.15) is 0 Å². The molecule has 6 nitrogen and oxygen atoms in total. The first kappa shape index (κ1) is 20.6. The van der Waals surface area contributed by atoms with Crippen molar-refractivity contribution in [1.29, 1.82) is 0 Å². The zero-order valence-corrected chi connectivity index (χ0v) is 17.8. The first-order chi connectivity index (χ1) is 14.9. The van der Waals surface area contributed by atoms with Crippen molar-refractivity contribution in [1.82, 2.24) is 0 Å². The molecule has 0 atom stereocenters. The van der Waals surface area contributed by atoms with Gasteiger partial charge >= 0.3 is 0 Å². The second kappa shape index (κ2) is 8.57. The molecular weight excluding hydrogens is 410 g/mol. The van der Waals surface area contributed by atoms with Crippen molar-refractivity contribution in [2.24, 2.45) is 4.99 Å². The fourth-order valence-corrected chi connectivity index (χ4v) is 4.30. The lowest BCUT2D eigenvalue weighted by molar-refractivity contribution is -0.384. The summed E-state index contributed by atoms with van der Waals surface area (Å²) in [6.45, 7) is 3.97. The standard InChI is InChI=1S/C24H19N3O3S/c1-16-8-6-9-17(2)22(16)25-24-26(19-11-4-3-5-12-19)23(28)21(31-24)15-18-10-7-13-20(14-18)27(29)30/h3-15H,1-2H3/b21-15-,25-24?. The van der Waals surface area contributed by atoms with Gasteiger partial charge in [0.05, 0.1) is 21.2 Å². The molecular formula is C24H19N3O3S. The van der Waals surface area contributed by atoms with Crippen molar-refractivity contribution in [3.63, 3.8) is 0 Å². The van der Waals surface area contributed by atoms with Gasteiger partial charge < -0.3 is 0 Å². The van der Waals surface area contributed by atoms with E-state index in [1.165, 1.54) is 23.9 Å². The first-order valence-electron chi connectivity index (χ1n) is 9.62. The molecule has 0 N–H and O–H groups in total. The summed E-state index contributed by atoms with van der Waals surface area (Å²) < 4.78 is 0. The van der Waals surface area contributed by atoms with Crippen LogP contribution in [0.1, 0.15) is 16.7 Å². The van der Waals surface area contributed by atoms with Crippen molar-refractivity contribution in [3.8, 4) is 0 Å². The predicted molar refractivity (Wildman–Crippen MR) is 126 cm³/mol. The van der Waals surface area contributed by atoms with Gasteiger partial charge in [-0.15, -0.1) is 0 Å². The number of para-hydroxylation sites is 2. The Kier molecular flexibility index (Phi) is 5.68. The van der Waals surface area contributed by atoms with Gasteiger partial charge in [-0.3, -0.25) is 19.8 Å². The van der Waals surface area contributed by atoms with E-state index < -0.39 is 4.92 Å². The molecule has 0 aromatic heterocycles. The van der Waals surface area contributed by atoms with Crippen molar-refractivity contribution >= 4 is 46.0 Å². The highest BCUT2D eigenvalue weighted by Gasteiger charge is 2.35. The Morgan fingerprint density at radius 3 is 2.32 bits per heavy atom. The molecule has 31 heavy (non-hydrogen) atoms. The van der Waals surface area contributed by atoms with E-state index in [-0.39, 0.29) is 11.6 Å². The van der Waals surface area contributed by atoms with E-state index in [1.807, 2.05) is 62.4 Å². The molecule has 1 aliphatic heterocycles. The number of aryl methyl sites for hydroxylation is 2. The van der Waals surface area contributed by atoms with Gasteiger partial charge in [0.15, 0.2) is 5.17 Å². The number of benzene rings is 3. The fourth-order valence-electron chi connectivity index (χ4n) is 3.31. The maximum atomic E-state index is 13.3. The number of rotatable bonds is 4. The summed E-state index contributed by atoms with van der Waals surface area (Å²) in [6.07, 6.45) is 1.67. The van der Waals surface area contributed by atoms with E-state index >= 15 is 0 Å². The van der Waals surface area contributed by atoms with Gasteiger partial charge in [-0.1, -0.05) is 48.5 Å². The van der Waals surface area contributed by atoms with Crippen LogP contribution in [0.5, 0.6) is 0 Å². The van der Waals surface area contributed by atoms with Crippen LogP contribution in [0.15, 0.2) is 82.7 Å². The van der Waals surface area contributed by atoms with Gasteiger partial charge in [-0.25, -0.2) is 4.99 Å². The molecule has 3 aromatic rings. The Morgan fingerprint density at radius 1 is 0.968 bits per heavy atom. The largest absolute Gasteiger partial charge is 0.271 e. The van der Waals surface area contributed by atoms with Crippen LogP contribution in [0.3, 0.4) is 0 Å². The average Bonchev–Trinajstić information content (AvgIpc) is 3.06. The SMILES string of the molecule is Cc1cccc(C)c1N=C1S/C(=C\c2cccc([N+](=O)[O-])c2)C(=O)N1c1ccccc1. The lowest BCUT2D eigenvalue weighted by Gasteiger charge is -2.16. The number of nitro groups is 1. The van der Waals surface area contributed by atoms with Crippen LogP contribution in [-0.4, -0.2) is 16.0 Å². The minimum absolute atomic E-state index is 0.0193. The summed E-state index contributed by atoms with van der Waals surface area (Å²) in [5.74, 6) is -0.215. The Hall–Kier alpha value is -3.71. The molecule has 1 aliphatic rings. The van der Waals surface area contributed by atoms with E-state index in [2.05, 4.69) is 0 Å². The molecule has 0 radical (unpaired) electrons. The molecule has 0 aliphatic carbocycles. The maximum Gasteiger partial charge on any atom is 0.271 e. The van der Waals surface area contributed by atoms with E-state index in [0.29, 0.717) is 21.3 Å². The number of nitro benzene ring substituents is 1. The third-order valence-corrected chi connectivity index (χ3v) is 5.82. The van der Waals surface area contributed by atoms with Crippen LogP contribution in [0, 0.1) is 24.0 Å². The quantitative estimate of drug-likeness (QED) is 0.289. The van der Waals surface area contributed by atoms with E-state index in [4.69, 9.17) is 4.99 Å². The highest BCUT2D eigenvalue weighted by Crippen LogP contribution is 2.38. The Bertz CT molecular complexity index is 1220. The minimum Gasteiger partial charge on any atom is -0.268 e. The van der Waals surface area contributed by atoms with Crippen molar-refractivity contribution < 1.29 is 9.72 Å². The Balaban J connectivity index is 1.81. The summed E-state index contributed by atoms with van der Waals surface area (Å²) in [6, 6.07) is 21.5. The number of nitrogens with zero attached hydrogens (tertiary/aromatic N) is 3. The Morgan fingerprint density at radius 2 is 1.65 bits per heavy atom. The number of aliphatic imine (C=N–C) groups is 1. The van der Waals surface area contributed by atoms with Crippen LogP contribution in [0.25, 0.3) is 6.08 Å². The lowest BCUT2D eigenvalue weighted by Crippen LogP contribution is -2.28. The maximum absolute atomic E-state index is 13.3. The molecule has 3 aromatic carbocycles.